The number of benzene rings is 2. The first-order chi connectivity index (χ1) is 10.4. The molecule has 0 unspecified atom stereocenters. The first-order valence-electron chi connectivity index (χ1n) is 8.03. The van der Waals surface area contributed by atoms with Crippen LogP contribution in [0.3, 0.4) is 0 Å². The van der Waals surface area contributed by atoms with Gasteiger partial charge in [-0.1, -0.05) is 61.4 Å². The van der Waals surface area contributed by atoms with E-state index < -0.39 is 0 Å². The minimum absolute atomic E-state index is 0.770. The highest BCUT2D eigenvalue weighted by Crippen LogP contribution is 2.38. The Bertz CT molecular complexity index is 733. The topological polar surface area (TPSA) is 4.93 Å². The molecule has 1 aliphatic rings. The van der Waals surface area contributed by atoms with Crippen LogP contribution in [0, 0.1) is 0 Å². The van der Waals surface area contributed by atoms with Gasteiger partial charge < -0.3 is 4.57 Å². The Morgan fingerprint density at radius 2 is 1.57 bits per heavy atom. The van der Waals surface area contributed by atoms with E-state index in [0.717, 1.165) is 12.5 Å². The van der Waals surface area contributed by atoms with E-state index in [4.69, 9.17) is 0 Å². The maximum Gasteiger partial charge on any atom is 0.0486 e. The molecule has 106 valence electrons. The van der Waals surface area contributed by atoms with Gasteiger partial charge in [-0.05, 0) is 36.0 Å². The fraction of sp³-hybridized carbons (Fsp3) is 0.300. The van der Waals surface area contributed by atoms with Crippen molar-refractivity contribution in [3.05, 3.63) is 71.9 Å². The SMILES string of the molecule is c1ccc(Cn2cc(C3CCCC3)c3ccccc32)cc1. The fourth-order valence-electron chi connectivity index (χ4n) is 3.75. The number of para-hydroxylation sites is 1. The first kappa shape index (κ1) is 12.7. The van der Waals surface area contributed by atoms with E-state index in [1.807, 2.05) is 0 Å². The third kappa shape index (κ3) is 2.37. The fourth-order valence-corrected chi connectivity index (χ4v) is 3.75. The molecule has 1 aromatic heterocycles. The van der Waals surface area contributed by atoms with E-state index in [1.165, 1.54) is 42.1 Å². The predicted octanol–water partition coefficient (Wildman–Crippen LogP) is 5.35. The van der Waals surface area contributed by atoms with Crippen LogP contribution in [-0.4, -0.2) is 4.57 Å². The van der Waals surface area contributed by atoms with Gasteiger partial charge in [-0.25, -0.2) is 0 Å². The number of nitrogens with zero attached hydrogens (tertiary/aromatic N) is 1. The molecule has 0 bridgehead atoms. The van der Waals surface area contributed by atoms with Crippen LogP contribution >= 0.6 is 0 Å². The molecule has 0 spiro atoms. The third-order valence-electron chi connectivity index (χ3n) is 4.81. The van der Waals surface area contributed by atoms with Crippen molar-refractivity contribution in [3.63, 3.8) is 0 Å². The van der Waals surface area contributed by atoms with Crippen molar-refractivity contribution in [2.24, 2.45) is 0 Å². The van der Waals surface area contributed by atoms with Crippen LogP contribution in [0.15, 0.2) is 60.8 Å². The first-order valence-corrected chi connectivity index (χ1v) is 8.03. The average Bonchev–Trinajstić information content (AvgIpc) is 3.17. The van der Waals surface area contributed by atoms with Crippen molar-refractivity contribution < 1.29 is 0 Å². The Morgan fingerprint density at radius 3 is 2.38 bits per heavy atom. The number of hydrogen-bond acceptors (Lipinski definition) is 0. The molecule has 1 fully saturated rings. The molecular formula is C20H21N. The van der Waals surface area contributed by atoms with Crippen LogP contribution in [0.5, 0.6) is 0 Å². The van der Waals surface area contributed by atoms with Crippen LogP contribution in [0.2, 0.25) is 0 Å². The quantitative estimate of drug-likeness (QED) is 0.607. The van der Waals surface area contributed by atoms with Crippen molar-refractivity contribution in [1.82, 2.24) is 4.57 Å². The summed E-state index contributed by atoms with van der Waals surface area (Å²) in [6.45, 7) is 0.966. The zero-order valence-corrected chi connectivity index (χ0v) is 12.3. The second kappa shape index (κ2) is 5.40. The van der Waals surface area contributed by atoms with Crippen molar-refractivity contribution in [1.29, 1.82) is 0 Å². The van der Waals surface area contributed by atoms with Gasteiger partial charge in [-0.2, -0.15) is 0 Å². The Hall–Kier alpha value is -2.02. The lowest BCUT2D eigenvalue weighted by molar-refractivity contribution is 0.719. The van der Waals surface area contributed by atoms with Crippen molar-refractivity contribution >= 4 is 10.9 Å². The van der Waals surface area contributed by atoms with Gasteiger partial charge in [0.15, 0.2) is 0 Å². The van der Waals surface area contributed by atoms with Gasteiger partial charge >= 0.3 is 0 Å². The second-order valence-corrected chi connectivity index (χ2v) is 6.20. The maximum atomic E-state index is 2.43. The number of hydrogen-bond donors (Lipinski definition) is 0. The minimum atomic E-state index is 0.770. The molecule has 3 aromatic rings. The summed E-state index contributed by atoms with van der Waals surface area (Å²) < 4.78 is 2.43. The summed E-state index contributed by atoms with van der Waals surface area (Å²) in [5.74, 6) is 0.770. The van der Waals surface area contributed by atoms with Gasteiger partial charge in [-0.15, -0.1) is 0 Å². The summed E-state index contributed by atoms with van der Waals surface area (Å²) in [6, 6.07) is 19.6. The molecule has 0 atom stereocenters. The Morgan fingerprint density at radius 1 is 0.857 bits per heavy atom. The summed E-state index contributed by atoms with van der Waals surface area (Å²) in [4.78, 5) is 0. The lowest BCUT2D eigenvalue weighted by atomic mass is 9.97. The predicted molar refractivity (Wildman–Crippen MR) is 88.7 cm³/mol. The van der Waals surface area contributed by atoms with E-state index >= 15 is 0 Å². The molecule has 0 aliphatic heterocycles. The molecule has 1 nitrogen and oxygen atoms in total. The number of fused-ring (bicyclic) bond motifs is 1. The van der Waals surface area contributed by atoms with Crippen molar-refractivity contribution in [3.8, 4) is 0 Å². The molecule has 1 saturated carbocycles. The highest BCUT2D eigenvalue weighted by atomic mass is 15.0. The molecule has 0 amide bonds. The molecule has 1 aliphatic carbocycles. The molecular weight excluding hydrogens is 254 g/mol. The van der Waals surface area contributed by atoms with Gasteiger partial charge in [0.2, 0.25) is 0 Å². The summed E-state index contributed by atoms with van der Waals surface area (Å²) in [5, 5.41) is 1.46. The van der Waals surface area contributed by atoms with Crippen LogP contribution in [-0.2, 0) is 6.54 Å². The normalized spacial score (nSPS) is 15.8. The molecule has 1 heteroatoms. The Balaban J connectivity index is 1.78. The van der Waals surface area contributed by atoms with Gasteiger partial charge in [0, 0.05) is 23.6 Å². The molecule has 4 rings (SSSR count). The van der Waals surface area contributed by atoms with Crippen LogP contribution in [0.25, 0.3) is 10.9 Å². The van der Waals surface area contributed by atoms with E-state index in [0.29, 0.717) is 0 Å². The molecule has 1 heterocycles. The Kier molecular flexibility index (Phi) is 3.27. The molecule has 0 radical (unpaired) electrons. The average molecular weight is 275 g/mol. The van der Waals surface area contributed by atoms with E-state index in [2.05, 4.69) is 65.4 Å². The standard InChI is InChI=1S/C20H21N/c1-2-8-16(9-3-1)14-21-15-19(17-10-4-5-11-17)18-12-6-7-13-20(18)21/h1-3,6-9,12-13,15,17H,4-5,10-11,14H2. The van der Waals surface area contributed by atoms with E-state index in [-0.39, 0.29) is 0 Å². The van der Waals surface area contributed by atoms with Crippen molar-refractivity contribution in [2.45, 2.75) is 38.1 Å². The number of rotatable bonds is 3. The maximum absolute atomic E-state index is 2.43. The van der Waals surface area contributed by atoms with Gasteiger partial charge in [0.25, 0.3) is 0 Å². The van der Waals surface area contributed by atoms with Crippen molar-refractivity contribution in [2.75, 3.05) is 0 Å². The molecule has 0 N–H and O–H groups in total. The summed E-state index contributed by atoms with van der Waals surface area (Å²) >= 11 is 0. The van der Waals surface area contributed by atoms with E-state index in [9.17, 15) is 0 Å². The largest absolute Gasteiger partial charge is 0.343 e. The van der Waals surface area contributed by atoms with Gasteiger partial charge in [-0.3, -0.25) is 0 Å². The van der Waals surface area contributed by atoms with Gasteiger partial charge in [0.1, 0.15) is 0 Å². The molecule has 2 aromatic carbocycles. The zero-order chi connectivity index (χ0) is 14.1. The monoisotopic (exact) mass is 275 g/mol. The molecule has 21 heavy (non-hydrogen) atoms. The summed E-state index contributed by atoms with van der Waals surface area (Å²) in [6.07, 6.45) is 7.91. The molecule has 0 saturated heterocycles. The van der Waals surface area contributed by atoms with E-state index in [1.54, 1.807) is 5.56 Å². The third-order valence-corrected chi connectivity index (χ3v) is 4.81. The van der Waals surface area contributed by atoms with Crippen LogP contribution < -0.4 is 0 Å². The summed E-state index contributed by atoms with van der Waals surface area (Å²) in [5.41, 5.74) is 4.32. The highest BCUT2D eigenvalue weighted by Gasteiger charge is 2.21. The zero-order valence-electron chi connectivity index (χ0n) is 12.3. The highest BCUT2D eigenvalue weighted by molar-refractivity contribution is 5.84. The lowest BCUT2D eigenvalue weighted by Crippen LogP contribution is -1.97. The van der Waals surface area contributed by atoms with Crippen LogP contribution in [0.4, 0.5) is 0 Å². The summed E-state index contributed by atoms with van der Waals surface area (Å²) in [7, 11) is 0. The minimum Gasteiger partial charge on any atom is -0.343 e. The smallest absolute Gasteiger partial charge is 0.0486 e. The Labute approximate surface area is 126 Å². The number of aromatic nitrogens is 1. The lowest BCUT2D eigenvalue weighted by Gasteiger charge is -2.07. The van der Waals surface area contributed by atoms with Gasteiger partial charge in [0.05, 0.1) is 0 Å². The second-order valence-electron chi connectivity index (χ2n) is 6.20. The van der Waals surface area contributed by atoms with Crippen LogP contribution in [0.1, 0.15) is 42.7 Å².